The van der Waals surface area contributed by atoms with Crippen LogP contribution in [-0.4, -0.2) is 49.1 Å². The van der Waals surface area contributed by atoms with Crippen LogP contribution < -0.4 is 25.8 Å². The molecule has 2 aliphatic rings. The van der Waals surface area contributed by atoms with Gasteiger partial charge in [-0.2, -0.15) is 5.26 Å². The molecular formula is C28H26ClF2N7O2. The summed E-state index contributed by atoms with van der Waals surface area (Å²) >= 11 is 6.22. The summed E-state index contributed by atoms with van der Waals surface area (Å²) in [6.07, 6.45) is 2.69. The van der Waals surface area contributed by atoms with Gasteiger partial charge in [0.15, 0.2) is 11.6 Å². The minimum Gasteiger partial charge on any atom is -0.384 e. The number of pyridine rings is 1. The molecule has 5 rings (SSSR count). The number of benzene rings is 2. The maximum Gasteiger partial charge on any atom is 0.334 e. The highest BCUT2D eigenvalue weighted by molar-refractivity contribution is 6.31. The Bertz CT molecular complexity index is 1500. The van der Waals surface area contributed by atoms with E-state index in [1.165, 1.54) is 17.2 Å². The van der Waals surface area contributed by atoms with E-state index in [0.29, 0.717) is 42.2 Å². The van der Waals surface area contributed by atoms with Crippen LogP contribution in [0.5, 0.6) is 0 Å². The van der Waals surface area contributed by atoms with Crippen LogP contribution in [0.3, 0.4) is 0 Å². The number of nitrogens with one attached hydrogen (secondary N) is 3. The quantitative estimate of drug-likeness (QED) is 0.334. The smallest absolute Gasteiger partial charge is 0.334 e. The van der Waals surface area contributed by atoms with Crippen molar-refractivity contribution in [2.45, 2.75) is 25.8 Å². The normalized spacial score (nSPS) is 16.2. The van der Waals surface area contributed by atoms with E-state index in [-0.39, 0.29) is 41.2 Å². The zero-order chi connectivity index (χ0) is 28.4. The Hall–Kier alpha value is -4.27. The Morgan fingerprint density at radius 3 is 2.60 bits per heavy atom. The number of nitriles is 1. The molecule has 3 amide bonds. The molecule has 0 bridgehead atoms. The first kappa shape index (κ1) is 27.3. The number of anilines is 4. The van der Waals surface area contributed by atoms with Crippen LogP contribution in [0.1, 0.15) is 25.3 Å². The topological polar surface area (TPSA) is 113 Å². The minimum absolute atomic E-state index is 0.0383. The minimum atomic E-state index is -0.959. The number of nitrogens with zero attached hydrogens (tertiary/aromatic N) is 4. The first-order valence-electron chi connectivity index (χ1n) is 12.9. The molecule has 1 aromatic heterocycles. The number of carbonyl (C=O) groups excluding carboxylic acids is 2. The molecule has 3 heterocycles. The molecule has 0 unspecified atom stereocenters. The Morgan fingerprint density at radius 1 is 1.15 bits per heavy atom. The van der Waals surface area contributed by atoms with Gasteiger partial charge in [-0.1, -0.05) is 17.7 Å². The lowest BCUT2D eigenvalue weighted by Crippen LogP contribution is -2.41. The van der Waals surface area contributed by atoms with Crippen molar-refractivity contribution >= 4 is 46.4 Å². The first-order chi connectivity index (χ1) is 19.3. The Balaban J connectivity index is 1.45. The standard InChI is InChI=1S/C28H26ClF2N7O2/c1-2-37-27-21(10-17(29)14-35-27)20-5-3-16(13-32)9-24(20)38(28(37)40)26-22(30)11-19(12-23(26)31)34-8-7-33-15-18-4-6-25(39)36-18/h3,5,9-12,14,18,33-34H,2,4,6-8,15H2,1H3,(H,36,39)/t18-/m1/s1. The second-order valence-corrected chi connectivity index (χ2v) is 9.89. The summed E-state index contributed by atoms with van der Waals surface area (Å²) in [5.41, 5.74) is 0.910. The van der Waals surface area contributed by atoms with E-state index in [9.17, 15) is 14.9 Å². The molecule has 2 aromatic carbocycles. The van der Waals surface area contributed by atoms with Crippen LogP contribution in [0.25, 0.3) is 11.1 Å². The zero-order valence-electron chi connectivity index (χ0n) is 21.6. The van der Waals surface area contributed by atoms with Crippen molar-refractivity contribution in [3.63, 3.8) is 0 Å². The van der Waals surface area contributed by atoms with E-state index in [1.807, 2.05) is 6.07 Å². The number of carbonyl (C=O) groups is 2. The lowest BCUT2D eigenvalue weighted by Gasteiger charge is -2.28. The van der Waals surface area contributed by atoms with Crippen LogP contribution in [0, 0.1) is 23.0 Å². The van der Waals surface area contributed by atoms with Crippen molar-refractivity contribution in [2.75, 3.05) is 41.3 Å². The average molecular weight is 566 g/mol. The molecule has 3 aromatic rings. The highest BCUT2D eigenvalue weighted by atomic mass is 35.5. The molecule has 9 nitrogen and oxygen atoms in total. The van der Waals surface area contributed by atoms with Crippen molar-refractivity contribution in [1.82, 2.24) is 15.6 Å². The molecule has 1 fully saturated rings. The second kappa shape index (κ2) is 11.5. The summed E-state index contributed by atoms with van der Waals surface area (Å²) < 4.78 is 31.3. The summed E-state index contributed by atoms with van der Waals surface area (Å²) in [6, 6.07) is 9.84. The van der Waals surface area contributed by atoms with Gasteiger partial charge in [0, 0.05) is 61.7 Å². The van der Waals surface area contributed by atoms with Crippen LogP contribution in [0.15, 0.2) is 42.6 Å². The van der Waals surface area contributed by atoms with Gasteiger partial charge in [-0.05, 0) is 43.7 Å². The van der Waals surface area contributed by atoms with Crippen molar-refractivity contribution in [3.8, 4) is 17.2 Å². The van der Waals surface area contributed by atoms with Gasteiger partial charge in [0.25, 0.3) is 0 Å². The van der Waals surface area contributed by atoms with Crippen LogP contribution in [0.2, 0.25) is 5.02 Å². The highest BCUT2D eigenvalue weighted by Crippen LogP contribution is 2.45. The van der Waals surface area contributed by atoms with E-state index in [2.05, 4.69) is 20.9 Å². The summed E-state index contributed by atoms with van der Waals surface area (Å²) in [7, 11) is 0. The molecule has 0 radical (unpaired) electrons. The highest BCUT2D eigenvalue weighted by Gasteiger charge is 2.36. The van der Waals surface area contributed by atoms with Gasteiger partial charge in [0.05, 0.1) is 22.3 Å². The van der Waals surface area contributed by atoms with Gasteiger partial charge in [-0.3, -0.25) is 14.6 Å². The van der Waals surface area contributed by atoms with Crippen LogP contribution in [-0.2, 0) is 4.79 Å². The maximum absolute atomic E-state index is 15.7. The third kappa shape index (κ3) is 5.28. The largest absolute Gasteiger partial charge is 0.384 e. The first-order valence-corrected chi connectivity index (χ1v) is 13.2. The molecular weight excluding hydrogens is 540 g/mol. The molecule has 12 heteroatoms. The number of fused-ring (bicyclic) bond motifs is 3. The third-order valence-electron chi connectivity index (χ3n) is 6.83. The third-order valence-corrected chi connectivity index (χ3v) is 7.04. The van der Waals surface area contributed by atoms with E-state index in [1.54, 1.807) is 25.1 Å². The molecule has 206 valence electrons. The van der Waals surface area contributed by atoms with Crippen molar-refractivity contribution in [2.24, 2.45) is 0 Å². The Morgan fingerprint density at radius 2 is 1.93 bits per heavy atom. The molecule has 0 saturated carbocycles. The van der Waals surface area contributed by atoms with Crippen molar-refractivity contribution < 1.29 is 18.4 Å². The summed E-state index contributed by atoms with van der Waals surface area (Å²) in [5, 5.41) is 18.9. The van der Waals surface area contributed by atoms with Crippen LogP contribution >= 0.6 is 11.6 Å². The molecule has 2 aliphatic heterocycles. The van der Waals surface area contributed by atoms with Gasteiger partial charge in [0.1, 0.15) is 11.5 Å². The predicted octanol–water partition coefficient (Wildman–Crippen LogP) is 4.93. The Labute approximate surface area is 234 Å². The van der Waals surface area contributed by atoms with Gasteiger partial charge >= 0.3 is 6.03 Å². The van der Waals surface area contributed by atoms with E-state index < -0.39 is 23.4 Å². The van der Waals surface area contributed by atoms with Crippen LogP contribution in [0.4, 0.5) is 36.5 Å². The van der Waals surface area contributed by atoms with Gasteiger partial charge < -0.3 is 16.0 Å². The number of halogens is 3. The number of hydrogen-bond donors (Lipinski definition) is 3. The molecule has 3 N–H and O–H groups in total. The van der Waals surface area contributed by atoms with Gasteiger partial charge in [-0.25, -0.2) is 18.6 Å². The zero-order valence-corrected chi connectivity index (χ0v) is 22.4. The second-order valence-electron chi connectivity index (χ2n) is 9.45. The fourth-order valence-electron chi connectivity index (χ4n) is 4.96. The van der Waals surface area contributed by atoms with E-state index in [0.717, 1.165) is 23.5 Å². The molecule has 0 spiro atoms. The summed E-state index contributed by atoms with van der Waals surface area (Å²) in [6.45, 7) is 3.37. The number of aromatic nitrogens is 1. The average Bonchev–Trinajstić information content (AvgIpc) is 3.32. The lowest BCUT2D eigenvalue weighted by molar-refractivity contribution is -0.119. The summed E-state index contributed by atoms with van der Waals surface area (Å²) in [5.74, 6) is -1.59. The fraction of sp³-hybridized carbons (Fsp3) is 0.286. The number of urea groups is 1. The number of rotatable bonds is 8. The van der Waals surface area contributed by atoms with E-state index >= 15 is 8.78 Å². The number of amides is 3. The number of hydrogen-bond acceptors (Lipinski definition) is 6. The van der Waals surface area contributed by atoms with E-state index in [4.69, 9.17) is 11.6 Å². The Kier molecular flexibility index (Phi) is 7.82. The monoisotopic (exact) mass is 565 g/mol. The van der Waals surface area contributed by atoms with Crippen molar-refractivity contribution in [1.29, 1.82) is 5.26 Å². The summed E-state index contributed by atoms with van der Waals surface area (Å²) in [4.78, 5) is 31.8. The maximum atomic E-state index is 15.7. The molecule has 1 saturated heterocycles. The van der Waals surface area contributed by atoms with Gasteiger partial charge in [-0.15, -0.1) is 0 Å². The molecule has 40 heavy (non-hydrogen) atoms. The predicted molar refractivity (Wildman–Crippen MR) is 149 cm³/mol. The van der Waals surface area contributed by atoms with Gasteiger partial charge in [0.2, 0.25) is 5.91 Å². The molecule has 0 aliphatic carbocycles. The fourth-order valence-corrected chi connectivity index (χ4v) is 5.12. The van der Waals surface area contributed by atoms with Crippen molar-refractivity contribution in [3.05, 3.63) is 64.8 Å². The SMILES string of the molecule is CCN1C(=O)N(c2c(F)cc(NCCNC[C@H]3CCC(=O)N3)cc2F)c2cc(C#N)ccc2-c2cc(Cl)cnc21. The lowest BCUT2D eigenvalue weighted by atomic mass is 10.0. The molecule has 1 atom stereocenters.